The molecule has 1 aromatic heterocycles. The molecule has 92 valence electrons. The molecule has 17 heavy (non-hydrogen) atoms. The summed E-state index contributed by atoms with van der Waals surface area (Å²) in [6, 6.07) is 0.0647. The SMILES string of the molecule is Cn1cncc1C(=O)NC1CCCC1C(N)=S. The molecule has 0 bridgehead atoms. The second-order valence-electron chi connectivity index (χ2n) is 4.41. The molecule has 2 rings (SSSR count). The number of hydrogen-bond acceptors (Lipinski definition) is 3. The van der Waals surface area contributed by atoms with Gasteiger partial charge in [0.1, 0.15) is 5.69 Å². The summed E-state index contributed by atoms with van der Waals surface area (Å²) in [4.78, 5) is 16.4. The number of aryl methyl sites for hydroxylation is 1. The van der Waals surface area contributed by atoms with Crippen molar-refractivity contribution in [3.63, 3.8) is 0 Å². The van der Waals surface area contributed by atoms with Crippen molar-refractivity contribution in [2.24, 2.45) is 18.7 Å². The van der Waals surface area contributed by atoms with Crippen LogP contribution in [0.25, 0.3) is 0 Å². The normalized spacial score (nSPS) is 23.6. The van der Waals surface area contributed by atoms with Crippen LogP contribution in [0.5, 0.6) is 0 Å². The van der Waals surface area contributed by atoms with Gasteiger partial charge in [-0.15, -0.1) is 0 Å². The molecule has 1 aromatic rings. The highest BCUT2D eigenvalue weighted by Gasteiger charge is 2.31. The minimum absolute atomic E-state index is 0.0647. The summed E-state index contributed by atoms with van der Waals surface area (Å²) in [5.74, 6) is 0.0142. The number of nitrogens with zero attached hydrogens (tertiary/aromatic N) is 2. The lowest BCUT2D eigenvalue weighted by atomic mass is 10.0. The van der Waals surface area contributed by atoms with E-state index in [2.05, 4.69) is 10.3 Å². The maximum Gasteiger partial charge on any atom is 0.269 e. The van der Waals surface area contributed by atoms with Gasteiger partial charge in [0.05, 0.1) is 17.5 Å². The van der Waals surface area contributed by atoms with E-state index in [1.54, 1.807) is 24.1 Å². The number of amides is 1. The number of carbonyl (C=O) groups excluding carboxylic acids is 1. The van der Waals surface area contributed by atoms with E-state index in [1.807, 2.05) is 0 Å². The average molecular weight is 252 g/mol. The Morgan fingerprint density at radius 2 is 2.41 bits per heavy atom. The van der Waals surface area contributed by atoms with Crippen LogP contribution >= 0.6 is 12.2 Å². The predicted molar refractivity (Wildman–Crippen MR) is 68.6 cm³/mol. The number of nitrogens with two attached hydrogens (primary N) is 1. The first-order valence-corrected chi connectivity index (χ1v) is 6.07. The Kier molecular flexibility index (Phi) is 3.42. The Labute approximate surface area is 105 Å². The average Bonchev–Trinajstić information content (AvgIpc) is 2.86. The van der Waals surface area contributed by atoms with Crippen LogP contribution in [0.15, 0.2) is 12.5 Å². The molecule has 0 spiro atoms. The van der Waals surface area contributed by atoms with Crippen molar-refractivity contribution in [1.29, 1.82) is 0 Å². The molecular formula is C11H16N4OS. The summed E-state index contributed by atoms with van der Waals surface area (Å²) < 4.78 is 1.69. The van der Waals surface area contributed by atoms with Crippen molar-refractivity contribution in [3.8, 4) is 0 Å². The Hall–Kier alpha value is -1.43. The molecule has 0 saturated heterocycles. The Morgan fingerprint density at radius 3 is 3.00 bits per heavy atom. The topological polar surface area (TPSA) is 72.9 Å². The monoisotopic (exact) mass is 252 g/mol. The molecule has 1 amide bonds. The first kappa shape index (κ1) is 12.0. The summed E-state index contributed by atoms with van der Waals surface area (Å²) >= 11 is 5.02. The largest absolute Gasteiger partial charge is 0.393 e. The molecule has 1 fully saturated rings. The van der Waals surface area contributed by atoms with E-state index in [0.717, 1.165) is 19.3 Å². The van der Waals surface area contributed by atoms with Crippen molar-refractivity contribution in [3.05, 3.63) is 18.2 Å². The van der Waals surface area contributed by atoms with Gasteiger partial charge in [0.15, 0.2) is 0 Å². The summed E-state index contributed by atoms with van der Waals surface area (Å²) in [5, 5.41) is 2.99. The van der Waals surface area contributed by atoms with Crippen LogP contribution in [0, 0.1) is 5.92 Å². The van der Waals surface area contributed by atoms with Gasteiger partial charge >= 0.3 is 0 Å². The minimum Gasteiger partial charge on any atom is -0.393 e. The Bertz CT molecular complexity index is 442. The zero-order valence-electron chi connectivity index (χ0n) is 9.72. The van der Waals surface area contributed by atoms with Crippen LogP contribution < -0.4 is 11.1 Å². The van der Waals surface area contributed by atoms with Gasteiger partial charge in [-0.3, -0.25) is 4.79 Å². The summed E-state index contributed by atoms with van der Waals surface area (Å²) in [6.07, 6.45) is 6.12. The third kappa shape index (κ3) is 2.46. The van der Waals surface area contributed by atoms with Gasteiger partial charge in [-0.1, -0.05) is 18.6 Å². The van der Waals surface area contributed by atoms with Crippen molar-refractivity contribution in [2.75, 3.05) is 0 Å². The standard InChI is InChI=1S/C11H16N4OS/c1-15-6-13-5-9(15)11(16)14-8-4-2-3-7(8)10(12)17/h5-8H,2-4H2,1H3,(H2,12,17)(H,14,16). The second kappa shape index (κ2) is 4.83. The number of imidazole rings is 1. The molecule has 0 radical (unpaired) electrons. The van der Waals surface area contributed by atoms with Crippen LogP contribution in [-0.2, 0) is 7.05 Å². The van der Waals surface area contributed by atoms with Gasteiger partial charge in [-0.2, -0.15) is 0 Å². The maximum atomic E-state index is 12.0. The lowest BCUT2D eigenvalue weighted by Crippen LogP contribution is -2.42. The van der Waals surface area contributed by atoms with Gasteiger partial charge < -0.3 is 15.6 Å². The molecule has 5 nitrogen and oxygen atoms in total. The van der Waals surface area contributed by atoms with Gasteiger partial charge in [-0.05, 0) is 12.8 Å². The van der Waals surface area contributed by atoms with E-state index < -0.39 is 0 Å². The molecule has 2 atom stereocenters. The number of thiocarbonyl (C=S) groups is 1. The number of aromatic nitrogens is 2. The molecule has 2 unspecified atom stereocenters. The van der Waals surface area contributed by atoms with Gasteiger partial charge in [0.2, 0.25) is 0 Å². The minimum atomic E-state index is -0.113. The van der Waals surface area contributed by atoms with E-state index in [9.17, 15) is 4.79 Å². The zero-order valence-corrected chi connectivity index (χ0v) is 10.5. The molecule has 6 heteroatoms. The molecule has 3 N–H and O–H groups in total. The van der Waals surface area contributed by atoms with E-state index in [1.165, 1.54) is 0 Å². The number of hydrogen-bond donors (Lipinski definition) is 2. The molecular weight excluding hydrogens is 236 g/mol. The highest BCUT2D eigenvalue weighted by molar-refractivity contribution is 7.80. The third-order valence-corrected chi connectivity index (χ3v) is 3.55. The van der Waals surface area contributed by atoms with E-state index >= 15 is 0 Å². The lowest BCUT2D eigenvalue weighted by molar-refractivity contribution is 0.0925. The van der Waals surface area contributed by atoms with Crippen LogP contribution in [-0.4, -0.2) is 26.5 Å². The van der Waals surface area contributed by atoms with Gasteiger partial charge in [0, 0.05) is 19.0 Å². The first-order chi connectivity index (χ1) is 8.09. The van der Waals surface area contributed by atoms with Crippen molar-refractivity contribution in [1.82, 2.24) is 14.9 Å². The molecule has 1 aliphatic rings. The van der Waals surface area contributed by atoms with Gasteiger partial charge in [0.25, 0.3) is 5.91 Å². The highest BCUT2D eigenvalue weighted by Crippen LogP contribution is 2.26. The quantitative estimate of drug-likeness (QED) is 0.773. The smallest absolute Gasteiger partial charge is 0.269 e. The van der Waals surface area contributed by atoms with E-state index in [-0.39, 0.29) is 17.9 Å². The second-order valence-corrected chi connectivity index (χ2v) is 4.88. The van der Waals surface area contributed by atoms with Crippen molar-refractivity contribution < 1.29 is 4.79 Å². The fourth-order valence-corrected chi connectivity index (χ4v) is 2.57. The van der Waals surface area contributed by atoms with E-state index in [4.69, 9.17) is 18.0 Å². The molecule has 1 heterocycles. The van der Waals surface area contributed by atoms with Gasteiger partial charge in [-0.25, -0.2) is 4.98 Å². The number of rotatable bonds is 3. The maximum absolute atomic E-state index is 12.0. The molecule has 1 aliphatic carbocycles. The third-order valence-electron chi connectivity index (χ3n) is 3.25. The molecule has 1 saturated carbocycles. The van der Waals surface area contributed by atoms with Crippen LogP contribution in [0.1, 0.15) is 29.8 Å². The molecule has 0 aromatic carbocycles. The zero-order chi connectivity index (χ0) is 12.4. The summed E-state index contributed by atoms with van der Waals surface area (Å²) in [7, 11) is 1.79. The Morgan fingerprint density at radius 1 is 1.65 bits per heavy atom. The highest BCUT2D eigenvalue weighted by atomic mass is 32.1. The Balaban J connectivity index is 2.04. The van der Waals surface area contributed by atoms with Crippen molar-refractivity contribution >= 4 is 23.1 Å². The van der Waals surface area contributed by atoms with Crippen LogP contribution in [0.3, 0.4) is 0 Å². The summed E-state index contributed by atoms with van der Waals surface area (Å²) in [5.41, 5.74) is 6.23. The number of nitrogens with one attached hydrogen (secondary N) is 1. The van der Waals surface area contributed by atoms with Crippen LogP contribution in [0.4, 0.5) is 0 Å². The predicted octanol–water partition coefficient (Wildman–Crippen LogP) is 0.605. The first-order valence-electron chi connectivity index (χ1n) is 5.66. The van der Waals surface area contributed by atoms with E-state index in [0.29, 0.717) is 10.7 Å². The fourth-order valence-electron chi connectivity index (χ4n) is 2.29. The fraction of sp³-hybridized carbons (Fsp3) is 0.545. The summed E-state index contributed by atoms with van der Waals surface area (Å²) in [6.45, 7) is 0. The van der Waals surface area contributed by atoms with Crippen molar-refractivity contribution in [2.45, 2.75) is 25.3 Å². The lowest BCUT2D eigenvalue weighted by Gasteiger charge is -2.19. The van der Waals surface area contributed by atoms with Crippen LogP contribution in [0.2, 0.25) is 0 Å². The number of carbonyl (C=O) groups is 1. The molecule has 0 aliphatic heterocycles.